The first kappa shape index (κ1) is 35.9. The maximum absolute atomic E-state index is 13.9. The molecule has 0 radical (unpaired) electrons. The minimum atomic E-state index is -4.17. The fraction of sp³-hybridized carbons (Fsp3) is 0.531. The Labute approximate surface area is 280 Å². The van der Waals surface area contributed by atoms with Gasteiger partial charge in [-0.05, 0) is 82.9 Å². The van der Waals surface area contributed by atoms with Crippen LogP contribution in [0.4, 0.5) is 23.7 Å². The standard InChI is InChI=1S/C32H37ClF3N3O8S/c1-31(2,3)47-30(43)39-9-8-24(40)27(39)29(42)37-15-32(44)17-5-6-18(32)12-20(11-17)48(45,46)25-10-16(4-7-21(25)33)28(41)38-19-13-22(34)26(36)23(35)14-19/h4,7,10,13-14,17-18,20,24,27,40,44H,5-6,8-9,11-12,15H2,1-3H3,(H,37,42)(H,38,41)/t17?,18?,20-,24-,27-,32-/m0/s1. The summed E-state index contributed by atoms with van der Waals surface area (Å²) in [5.41, 5.74) is -2.84. The smallest absolute Gasteiger partial charge is 0.411 e. The van der Waals surface area contributed by atoms with Gasteiger partial charge in [-0.25, -0.2) is 26.4 Å². The largest absolute Gasteiger partial charge is 0.444 e. The first-order valence-electron chi connectivity index (χ1n) is 15.5. The normalized spacial score (nSPS) is 27.1. The Morgan fingerprint density at radius 1 is 1.04 bits per heavy atom. The summed E-state index contributed by atoms with van der Waals surface area (Å²) in [6.07, 6.45) is -0.682. The van der Waals surface area contributed by atoms with Crippen LogP contribution in [0.25, 0.3) is 0 Å². The van der Waals surface area contributed by atoms with Crippen molar-refractivity contribution in [2.75, 3.05) is 18.4 Å². The number of hydrogen-bond donors (Lipinski definition) is 4. The molecular formula is C32H37ClF3N3O8S. The second-order valence-corrected chi connectivity index (χ2v) is 16.3. The lowest BCUT2D eigenvalue weighted by atomic mass is 9.74. The van der Waals surface area contributed by atoms with E-state index in [0.717, 1.165) is 11.0 Å². The summed E-state index contributed by atoms with van der Waals surface area (Å²) in [4.78, 5) is 39.6. The van der Waals surface area contributed by atoms with Crippen LogP contribution < -0.4 is 10.6 Å². The zero-order valence-electron chi connectivity index (χ0n) is 26.4. The summed E-state index contributed by atoms with van der Waals surface area (Å²) in [6, 6.07) is 3.43. The molecule has 262 valence electrons. The molecule has 1 saturated heterocycles. The maximum Gasteiger partial charge on any atom is 0.411 e. The molecule has 2 aliphatic carbocycles. The number of amides is 3. The van der Waals surface area contributed by atoms with Gasteiger partial charge in [-0.1, -0.05) is 11.6 Å². The number of ether oxygens (including phenoxy) is 1. The lowest BCUT2D eigenvalue weighted by Crippen LogP contribution is -2.58. The highest BCUT2D eigenvalue weighted by molar-refractivity contribution is 7.92. The molecule has 0 spiro atoms. The van der Waals surface area contributed by atoms with Gasteiger partial charge in [0, 0.05) is 36.5 Å². The summed E-state index contributed by atoms with van der Waals surface area (Å²) in [5.74, 6) is -7.38. The van der Waals surface area contributed by atoms with Crippen molar-refractivity contribution < 1.29 is 50.9 Å². The molecule has 2 unspecified atom stereocenters. The molecular weight excluding hydrogens is 679 g/mol. The van der Waals surface area contributed by atoms with Gasteiger partial charge in [-0.15, -0.1) is 0 Å². The minimum Gasteiger partial charge on any atom is -0.444 e. The summed E-state index contributed by atoms with van der Waals surface area (Å²) in [6.45, 7) is 4.92. The van der Waals surface area contributed by atoms with E-state index >= 15 is 0 Å². The van der Waals surface area contributed by atoms with Gasteiger partial charge in [0.05, 0.1) is 26.9 Å². The number of halogens is 4. The number of rotatable bonds is 7. The molecule has 1 heterocycles. The molecule has 1 aliphatic heterocycles. The van der Waals surface area contributed by atoms with Crippen molar-refractivity contribution in [3.63, 3.8) is 0 Å². The van der Waals surface area contributed by atoms with E-state index in [1.807, 2.05) is 0 Å². The molecule has 2 aromatic rings. The van der Waals surface area contributed by atoms with Gasteiger partial charge in [-0.3, -0.25) is 14.5 Å². The van der Waals surface area contributed by atoms with Crippen LogP contribution in [0.3, 0.4) is 0 Å². The predicted molar refractivity (Wildman–Crippen MR) is 167 cm³/mol. The summed E-state index contributed by atoms with van der Waals surface area (Å²) in [5, 5.41) is 26.0. The Morgan fingerprint density at radius 3 is 2.23 bits per heavy atom. The average Bonchev–Trinajstić information content (AvgIpc) is 3.41. The first-order chi connectivity index (χ1) is 22.3. The molecule has 2 bridgehead atoms. The number of aliphatic hydroxyl groups is 2. The highest BCUT2D eigenvalue weighted by Gasteiger charge is 2.56. The number of anilines is 1. The molecule has 4 N–H and O–H groups in total. The van der Waals surface area contributed by atoms with Crippen LogP contribution in [-0.4, -0.2) is 83.1 Å². The number of benzene rings is 2. The quantitative estimate of drug-likeness (QED) is 0.311. The van der Waals surface area contributed by atoms with Crippen LogP contribution in [0.1, 0.15) is 63.2 Å². The third-order valence-corrected chi connectivity index (χ3v) is 12.0. The Hall–Kier alpha value is -3.40. The average molecular weight is 716 g/mol. The number of carbonyl (C=O) groups excluding carboxylic acids is 3. The highest BCUT2D eigenvalue weighted by Crippen LogP contribution is 2.52. The zero-order chi connectivity index (χ0) is 35.3. The van der Waals surface area contributed by atoms with Crippen LogP contribution in [0.2, 0.25) is 5.02 Å². The molecule has 3 amide bonds. The van der Waals surface area contributed by atoms with Crippen molar-refractivity contribution in [1.82, 2.24) is 10.2 Å². The first-order valence-corrected chi connectivity index (χ1v) is 17.4. The minimum absolute atomic E-state index is 0.0299. The van der Waals surface area contributed by atoms with Crippen molar-refractivity contribution in [2.24, 2.45) is 11.8 Å². The number of aliphatic hydroxyl groups excluding tert-OH is 1. The van der Waals surface area contributed by atoms with Gasteiger partial charge in [0.1, 0.15) is 11.6 Å². The van der Waals surface area contributed by atoms with Gasteiger partial charge in [-0.2, -0.15) is 0 Å². The lowest BCUT2D eigenvalue weighted by Gasteiger charge is -2.43. The van der Waals surface area contributed by atoms with Crippen LogP contribution in [0.5, 0.6) is 0 Å². The van der Waals surface area contributed by atoms with E-state index in [-0.39, 0.29) is 53.5 Å². The summed E-state index contributed by atoms with van der Waals surface area (Å²) < 4.78 is 73.7. The van der Waals surface area contributed by atoms with Gasteiger partial charge in [0.25, 0.3) is 5.91 Å². The zero-order valence-corrected chi connectivity index (χ0v) is 28.0. The second kappa shape index (κ2) is 13.1. The molecule has 3 aliphatic rings. The summed E-state index contributed by atoms with van der Waals surface area (Å²) >= 11 is 6.29. The van der Waals surface area contributed by atoms with Crippen molar-refractivity contribution in [1.29, 1.82) is 0 Å². The molecule has 2 aromatic carbocycles. The van der Waals surface area contributed by atoms with Crippen molar-refractivity contribution in [2.45, 2.75) is 86.4 Å². The number of carbonyl (C=O) groups is 3. The molecule has 5 rings (SSSR count). The molecule has 3 fully saturated rings. The fourth-order valence-corrected chi connectivity index (χ4v) is 9.38. The summed E-state index contributed by atoms with van der Waals surface area (Å²) in [7, 11) is -4.17. The number of nitrogens with zero attached hydrogens (tertiary/aromatic N) is 1. The maximum atomic E-state index is 13.9. The SMILES string of the molecule is CC(C)(C)OC(=O)N1CC[C@H](O)[C@H]1C(=O)NC[C@]1(O)C2CCC1C[C@@H](S(=O)(=O)c1cc(C(=O)Nc3cc(F)c(F)c(F)c3)ccc1Cl)C2. The third-order valence-electron chi connectivity index (χ3n) is 9.36. The van der Waals surface area contributed by atoms with E-state index < -0.39 is 85.6 Å². The van der Waals surface area contributed by atoms with Gasteiger partial charge < -0.3 is 25.6 Å². The monoisotopic (exact) mass is 715 g/mol. The van der Waals surface area contributed by atoms with Crippen molar-refractivity contribution in [3.8, 4) is 0 Å². The fourth-order valence-electron chi connectivity index (χ4n) is 6.98. The van der Waals surface area contributed by atoms with Crippen LogP contribution >= 0.6 is 11.6 Å². The van der Waals surface area contributed by atoms with E-state index in [9.17, 15) is 46.2 Å². The number of hydrogen-bond acceptors (Lipinski definition) is 8. The van der Waals surface area contributed by atoms with E-state index in [2.05, 4.69) is 10.6 Å². The Kier molecular flexibility index (Phi) is 9.83. The van der Waals surface area contributed by atoms with E-state index in [0.29, 0.717) is 25.0 Å². The topological polar surface area (TPSA) is 162 Å². The molecule has 11 nitrogen and oxygen atoms in total. The van der Waals surface area contributed by atoms with Crippen molar-refractivity contribution in [3.05, 3.63) is 58.4 Å². The van der Waals surface area contributed by atoms with Gasteiger partial charge in [0.15, 0.2) is 27.3 Å². The van der Waals surface area contributed by atoms with Crippen LogP contribution in [0.15, 0.2) is 35.2 Å². The van der Waals surface area contributed by atoms with E-state index in [1.165, 1.54) is 12.1 Å². The molecule has 48 heavy (non-hydrogen) atoms. The van der Waals surface area contributed by atoms with Crippen LogP contribution in [0, 0.1) is 29.3 Å². The van der Waals surface area contributed by atoms with E-state index in [1.54, 1.807) is 20.8 Å². The predicted octanol–water partition coefficient (Wildman–Crippen LogP) is 4.19. The van der Waals surface area contributed by atoms with Gasteiger partial charge in [0.2, 0.25) is 5.91 Å². The number of nitrogens with one attached hydrogen (secondary N) is 2. The Morgan fingerprint density at radius 2 is 1.65 bits per heavy atom. The second-order valence-electron chi connectivity index (χ2n) is 13.6. The Balaban J connectivity index is 1.27. The highest BCUT2D eigenvalue weighted by atomic mass is 35.5. The molecule has 16 heteroatoms. The Bertz CT molecular complexity index is 1700. The van der Waals surface area contributed by atoms with Gasteiger partial charge >= 0.3 is 6.09 Å². The number of fused-ring (bicyclic) bond motifs is 2. The van der Waals surface area contributed by atoms with Crippen molar-refractivity contribution >= 4 is 45.0 Å². The third kappa shape index (κ3) is 7.00. The molecule has 0 aromatic heterocycles. The van der Waals surface area contributed by atoms with Crippen LogP contribution in [-0.2, 0) is 19.4 Å². The molecule has 4 atom stereocenters. The molecule has 2 saturated carbocycles. The number of sulfone groups is 1. The lowest BCUT2D eigenvalue weighted by molar-refractivity contribution is -0.131. The van der Waals surface area contributed by atoms with E-state index in [4.69, 9.17) is 16.3 Å². The number of likely N-dealkylation sites (tertiary alicyclic amines) is 1.